The molecular formula is C27H23N5O2. The summed E-state index contributed by atoms with van der Waals surface area (Å²) in [6.07, 6.45) is 11.7. The molecule has 0 saturated heterocycles. The third-order valence-corrected chi connectivity index (χ3v) is 6.93. The van der Waals surface area contributed by atoms with Gasteiger partial charge in [-0.25, -0.2) is 0 Å². The molecule has 4 heterocycles. The molecular weight excluding hydrogens is 426 g/mol. The number of ketones is 1. The van der Waals surface area contributed by atoms with Crippen LogP contribution in [0.15, 0.2) is 63.5 Å². The second kappa shape index (κ2) is 7.99. The van der Waals surface area contributed by atoms with Crippen molar-refractivity contribution in [2.24, 2.45) is 9.98 Å². The van der Waals surface area contributed by atoms with Crippen molar-refractivity contribution < 1.29 is 9.53 Å². The number of allylic oxidation sites excluding steroid dienone is 3. The first-order chi connectivity index (χ1) is 16.6. The number of nitriles is 1. The molecule has 0 amide bonds. The van der Waals surface area contributed by atoms with Crippen molar-refractivity contribution in [2.75, 3.05) is 20.3 Å². The SMILES string of the molecule is CN1C=C2C=NCN2C2CCC(=CCOc3ccc4cc5c(C#N)c(c4c3)N=CC1=C5)C(=O)C2. The lowest BCUT2D eigenvalue weighted by Gasteiger charge is -2.33. The van der Waals surface area contributed by atoms with Crippen LogP contribution in [0.2, 0.25) is 0 Å². The Morgan fingerprint density at radius 2 is 2.12 bits per heavy atom. The van der Waals surface area contributed by atoms with E-state index in [4.69, 9.17) is 9.73 Å². The highest BCUT2D eigenvalue weighted by molar-refractivity contribution is 6.04. The van der Waals surface area contributed by atoms with Crippen LogP contribution in [0.1, 0.15) is 30.4 Å². The van der Waals surface area contributed by atoms with E-state index in [1.807, 2.05) is 60.8 Å². The third kappa shape index (κ3) is 3.39. The number of benzene rings is 2. The molecule has 7 rings (SSSR count). The fourth-order valence-electron chi connectivity index (χ4n) is 5.07. The molecule has 0 aromatic heterocycles. The molecule has 4 aliphatic heterocycles. The third-order valence-electron chi connectivity index (χ3n) is 6.93. The molecule has 34 heavy (non-hydrogen) atoms. The van der Waals surface area contributed by atoms with Crippen molar-refractivity contribution in [1.29, 1.82) is 5.26 Å². The van der Waals surface area contributed by atoms with Crippen molar-refractivity contribution in [2.45, 2.75) is 25.3 Å². The first-order valence-electron chi connectivity index (χ1n) is 11.4. The lowest BCUT2D eigenvalue weighted by Crippen LogP contribution is -2.38. The number of Topliss-reactive ketones (excluding diaryl/α,β-unsaturated/α-hetero) is 1. The fourth-order valence-corrected chi connectivity index (χ4v) is 5.07. The molecule has 7 heteroatoms. The highest BCUT2D eigenvalue weighted by Gasteiger charge is 2.31. The maximum Gasteiger partial charge on any atom is 0.160 e. The average molecular weight is 450 g/mol. The molecule has 2 aromatic carbocycles. The summed E-state index contributed by atoms with van der Waals surface area (Å²) in [7, 11) is 1.96. The van der Waals surface area contributed by atoms with Crippen LogP contribution in [0.3, 0.4) is 0 Å². The summed E-state index contributed by atoms with van der Waals surface area (Å²) in [4.78, 5) is 26.3. The Morgan fingerprint density at radius 1 is 1.21 bits per heavy atom. The van der Waals surface area contributed by atoms with Gasteiger partial charge in [-0.1, -0.05) is 6.07 Å². The van der Waals surface area contributed by atoms with Gasteiger partial charge in [0.2, 0.25) is 0 Å². The van der Waals surface area contributed by atoms with Gasteiger partial charge in [0, 0.05) is 37.3 Å². The normalized spacial score (nSPS) is 21.2. The number of rotatable bonds is 0. The Bertz CT molecular complexity index is 1420. The lowest BCUT2D eigenvalue weighted by molar-refractivity contribution is -0.117. The zero-order chi connectivity index (χ0) is 23.2. The summed E-state index contributed by atoms with van der Waals surface area (Å²) in [6, 6.07) is 10.3. The van der Waals surface area contributed by atoms with Crippen LogP contribution in [0.25, 0.3) is 16.8 Å². The largest absolute Gasteiger partial charge is 0.489 e. The van der Waals surface area contributed by atoms with Gasteiger partial charge in [-0.3, -0.25) is 14.8 Å². The van der Waals surface area contributed by atoms with Crippen molar-refractivity contribution in [3.05, 3.63) is 64.6 Å². The van der Waals surface area contributed by atoms with E-state index >= 15 is 0 Å². The number of hydrogen-bond donors (Lipinski definition) is 0. The molecule has 7 bridgehead atoms. The van der Waals surface area contributed by atoms with Crippen LogP contribution in [-0.2, 0) is 4.79 Å². The molecule has 1 saturated carbocycles. The molecule has 1 unspecified atom stereocenters. The molecule has 0 spiro atoms. The number of carbonyl (C=O) groups excluding carboxylic acids is 1. The number of carbonyl (C=O) groups is 1. The number of hydrogen-bond acceptors (Lipinski definition) is 7. The summed E-state index contributed by atoms with van der Waals surface area (Å²) >= 11 is 0. The van der Waals surface area contributed by atoms with Gasteiger partial charge in [0.1, 0.15) is 25.1 Å². The van der Waals surface area contributed by atoms with Crippen LogP contribution in [0, 0.1) is 11.3 Å². The topological polar surface area (TPSA) is 81.3 Å². The minimum atomic E-state index is 0.120. The minimum absolute atomic E-state index is 0.120. The van der Waals surface area contributed by atoms with E-state index in [1.165, 1.54) is 0 Å². The second-order valence-electron chi connectivity index (χ2n) is 8.96. The summed E-state index contributed by atoms with van der Waals surface area (Å²) in [5.41, 5.74) is 4.69. The van der Waals surface area contributed by atoms with Crippen molar-refractivity contribution in [3.63, 3.8) is 0 Å². The number of nitrogens with zero attached hydrogens (tertiary/aromatic N) is 5. The molecule has 1 fully saturated rings. The summed E-state index contributed by atoms with van der Waals surface area (Å²) in [6.45, 7) is 0.881. The first-order valence-corrected chi connectivity index (χ1v) is 11.4. The smallest absolute Gasteiger partial charge is 0.160 e. The van der Waals surface area contributed by atoms with E-state index in [1.54, 1.807) is 6.21 Å². The van der Waals surface area contributed by atoms with Crippen molar-refractivity contribution in [3.8, 4) is 11.8 Å². The Hall–Kier alpha value is -4.18. The van der Waals surface area contributed by atoms with Crippen LogP contribution in [-0.4, -0.2) is 54.4 Å². The second-order valence-corrected chi connectivity index (χ2v) is 8.96. The monoisotopic (exact) mass is 449 g/mol. The molecule has 0 N–H and O–H groups in total. The predicted octanol–water partition coefficient (Wildman–Crippen LogP) is 4.33. The Kier molecular flexibility index (Phi) is 4.80. The number of ether oxygens (including phenoxy) is 1. The molecule has 1 atom stereocenters. The van der Waals surface area contributed by atoms with E-state index in [0.29, 0.717) is 36.7 Å². The maximum atomic E-state index is 12.9. The van der Waals surface area contributed by atoms with Gasteiger partial charge in [0.25, 0.3) is 0 Å². The van der Waals surface area contributed by atoms with Gasteiger partial charge in [0.05, 0.1) is 28.9 Å². The molecule has 7 nitrogen and oxygen atoms in total. The Balaban J connectivity index is 1.52. The van der Waals surface area contributed by atoms with Gasteiger partial charge in [-0.05, 0) is 59.7 Å². The van der Waals surface area contributed by atoms with Crippen LogP contribution in [0.5, 0.6) is 5.75 Å². The lowest BCUT2D eigenvalue weighted by atomic mass is 9.88. The molecule has 0 radical (unpaired) electrons. The highest BCUT2D eigenvalue weighted by Crippen LogP contribution is 2.38. The fraction of sp³-hybridized carbons (Fsp3) is 0.259. The van der Waals surface area contributed by atoms with E-state index in [9.17, 15) is 10.1 Å². The summed E-state index contributed by atoms with van der Waals surface area (Å²) in [5, 5.41) is 11.8. The minimum Gasteiger partial charge on any atom is -0.489 e. The van der Waals surface area contributed by atoms with E-state index < -0.39 is 0 Å². The zero-order valence-electron chi connectivity index (χ0n) is 18.9. The summed E-state index contributed by atoms with van der Waals surface area (Å²) < 4.78 is 5.99. The van der Waals surface area contributed by atoms with E-state index in [2.05, 4.69) is 16.0 Å². The predicted molar refractivity (Wildman–Crippen MR) is 132 cm³/mol. The Labute approximate surface area is 197 Å². The zero-order valence-corrected chi connectivity index (χ0v) is 18.9. The highest BCUT2D eigenvalue weighted by atomic mass is 16.5. The molecule has 5 aliphatic rings. The maximum absolute atomic E-state index is 12.9. The van der Waals surface area contributed by atoms with Gasteiger partial charge in [-0.15, -0.1) is 0 Å². The average Bonchev–Trinajstić information content (AvgIpc) is 3.24. The van der Waals surface area contributed by atoms with Crippen LogP contribution < -0.4 is 4.74 Å². The number of aliphatic imine (C=N–C) groups is 2. The molecule has 2 aromatic rings. The van der Waals surface area contributed by atoms with E-state index in [-0.39, 0.29) is 11.8 Å². The standard InChI is InChI=1S/C27H23N5O2/c1-31-15-22-13-29-16-32(22)20-4-2-17(26(33)10-20)6-7-34-23-5-3-18-8-19-9-21(31)14-30-27(24(18)11-23)25(19)12-28/h3,5-6,8-9,11,13-15,20H,2,4,7,10,16H2,1H3. The molecule has 1 aliphatic carbocycles. The number of fused-ring (bicyclic) bond motifs is 6. The van der Waals surface area contributed by atoms with Crippen molar-refractivity contribution in [1.82, 2.24) is 9.80 Å². The van der Waals surface area contributed by atoms with Crippen LogP contribution >= 0.6 is 0 Å². The quantitative estimate of drug-likeness (QED) is 0.598. The van der Waals surface area contributed by atoms with Crippen molar-refractivity contribution >= 4 is 40.7 Å². The van der Waals surface area contributed by atoms with Gasteiger partial charge in [-0.2, -0.15) is 5.26 Å². The van der Waals surface area contributed by atoms with Gasteiger partial charge >= 0.3 is 0 Å². The van der Waals surface area contributed by atoms with Gasteiger partial charge < -0.3 is 14.5 Å². The Morgan fingerprint density at radius 3 is 2.97 bits per heavy atom. The first kappa shape index (κ1) is 20.4. The summed E-state index contributed by atoms with van der Waals surface area (Å²) in [5.74, 6) is 0.865. The molecule has 168 valence electrons. The van der Waals surface area contributed by atoms with Crippen LogP contribution in [0.4, 0.5) is 5.69 Å². The van der Waals surface area contributed by atoms with E-state index in [0.717, 1.165) is 46.1 Å². The van der Waals surface area contributed by atoms with Gasteiger partial charge in [0.15, 0.2) is 5.78 Å².